The SMILES string of the molecule is Cc1ccc(S(=O)(=O)Nc2ccc(C)c(N3CCCC3=O)c2)cc1Cl. The number of halogens is 1. The van der Waals surface area contributed by atoms with E-state index in [0.29, 0.717) is 23.7 Å². The Hall–Kier alpha value is -2.05. The summed E-state index contributed by atoms with van der Waals surface area (Å²) in [5.74, 6) is 0.0634. The molecule has 0 radical (unpaired) electrons. The Balaban J connectivity index is 1.92. The molecule has 1 saturated heterocycles. The molecule has 1 aliphatic heterocycles. The number of nitrogens with one attached hydrogen (secondary N) is 1. The van der Waals surface area contributed by atoms with E-state index in [1.165, 1.54) is 12.1 Å². The van der Waals surface area contributed by atoms with Gasteiger partial charge in [-0.1, -0.05) is 23.7 Å². The predicted molar refractivity (Wildman–Crippen MR) is 99.8 cm³/mol. The largest absolute Gasteiger partial charge is 0.312 e. The number of carbonyl (C=O) groups excluding carboxylic acids is 1. The highest BCUT2D eigenvalue weighted by Gasteiger charge is 2.24. The molecule has 0 bridgehead atoms. The Kier molecular flexibility index (Phi) is 4.75. The molecule has 2 aromatic carbocycles. The van der Waals surface area contributed by atoms with Crippen LogP contribution in [0, 0.1) is 13.8 Å². The van der Waals surface area contributed by atoms with Crippen molar-refractivity contribution in [2.24, 2.45) is 0 Å². The van der Waals surface area contributed by atoms with Crippen molar-refractivity contribution in [1.29, 1.82) is 0 Å². The highest BCUT2D eigenvalue weighted by atomic mass is 35.5. The van der Waals surface area contributed by atoms with Gasteiger partial charge in [0.2, 0.25) is 5.91 Å². The van der Waals surface area contributed by atoms with Crippen LogP contribution in [0.15, 0.2) is 41.3 Å². The Bertz CT molecular complexity index is 941. The first-order chi connectivity index (χ1) is 11.8. The molecule has 3 rings (SSSR count). The van der Waals surface area contributed by atoms with Crippen LogP contribution in [0.2, 0.25) is 5.02 Å². The summed E-state index contributed by atoms with van der Waals surface area (Å²) >= 11 is 6.03. The number of benzene rings is 2. The minimum atomic E-state index is -3.76. The number of carbonyl (C=O) groups is 1. The van der Waals surface area contributed by atoms with Crippen molar-refractivity contribution >= 4 is 38.9 Å². The second-order valence-corrected chi connectivity index (χ2v) is 8.26. The van der Waals surface area contributed by atoms with Gasteiger partial charge in [-0.3, -0.25) is 9.52 Å². The maximum Gasteiger partial charge on any atom is 0.261 e. The molecular formula is C18H19ClN2O3S. The molecule has 0 aliphatic carbocycles. The van der Waals surface area contributed by atoms with E-state index >= 15 is 0 Å². The number of sulfonamides is 1. The molecule has 1 N–H and O–H groups in total. The van der Waals surface area contributed by atoms with Crippen LogP contribution < -0.4 is 9.62 Å². The third kappa shape index (κ3) is 3.65. The molecule has 7 heteroatoms. The van der Waals surface area contributed by atoms with Crippen LogP contribution in [0.25, 0.3) is 0 Å². The predicted octanol–water partition coefficient (Wildman–Crippen LogP) is 3.88. The van der Waals surface area contributed by atoms with Crippen LogP contribution >= 0.6 is 11.6 Å². The Morgan fingerprint density at radius 2 is 1.80 bits per heavy atom. The molecule has 5 nitrogen and oxygen atoms in total. The normalized spacial score (nSPS) is 14.8. The molecule has 1 aliphatic rings. The van der Waals surface area contributed by atoms with Crippen LogP contribution in [-0.4, -0.2) is 20.9 Å². The topological polar surface area (TPSA) is 66.5 Å². The highest BCUT2D eigenvalue weighted by molar-refractivity contribution is 7.92. The number of amides is 1. The van der Waals surface area contributed by atoms with Crippen LogP contribution in [0.1, 0.15) is 24.0 Å². The van der Waals surface area contributed by atoms with Gasteiger partial charge in [0.1, 0.15) is 0 Å². The first-order valence-electron chi connectivity index (χ1n) is 7.98. The summed E-state index contributed by atoms with van der Waals surface area (Å²) in [7, 11) is -3.76. The number of nitrogens with zero attached hydrogens (tertiary/aromatic N) is 1. The van der Waals surface area contributed by atoms with Crippen LogP contribution in [-0.2, 0) is 14.8 Å². The summed E-state index contributed by atoms with van der Waals surface area (Å²) in [5, 5.41) is 0.398. The fourth-order valence-electron chi connectivity index (χ4n) is 2.82. The van der Waals surface area contributed by atoms with Gasteiger partial charge in [-0.15, -0.1) is 0 Å². The highest BCUT2D eigenvalue weighted by Crippen LogP contribution is 2.29. The summed E-state index contributed by atoms with van der Waals surface area (Å²) in [4.78, 5) is 13.8. The molecule has 1 fully saturated rings. The Morgan fingerprint density at radius 3 is 2.44 bits per heavy atom. The average Bonchev–Trinajstić information content (AvgIpc) is 2.97. The van der Waals surface area contributed by atoms with E-state index < -0.39 is 10.0 Å². The smallest absolute Gasteiger partial charge is 0.261 e. The van der Waals surface area contributed by atoms with Gasteiger partial charge in [0, 0.05) is 23.7 Å². The molecule has 0 atom stereocenters. The van der Waals surface area contributed by atoms with Gasteiger partial charge in [-0.25, -0.2) is 8.42 Å². The van der Waals surface area contributed by atoms with E-state index in [1.807, 2.05) is 13.8 Å². The van der Waals surface area contributed by atoms with Crippen LogP contribution in [0.4, 0.5) is 11.4 Å². The zero-order valence-electron chi connectivity index (χ0n) is 14.0. The van der Waals surface area contributed by atoms with Gasteiger partial charge in [-0.2, -0.15) is 0 Å². The molecule has 1 amide bonds. The van der Waals surface area contributed by atoms with Crippen molar-refractivity contribution in [2.45, 2.75) is 31.6 Å². The van der Waals surface area contributed by atoms with E-state index in [1.54, 1.807) is 29.2 Å². The molecular weight excluding hydrogens is 360 g/mol. The fourth-order valence-corrected chi connectivity index (χ4v) is 4.14. The molecule has 0 spiro atoms. The lowest BCUT2D eigenvalue weighted by molar-refractivity contribution is -0.117. The lowest BCUT2D eigenvalue weighted by atomic mass is 10.1. The number of hydrogen-bond donors (Lipinski definition) is 1. The average molecular weight is 379 g/mol. The van der Waals surface area contributed by atoms with E-state index in [-0.39, 0.29) is 10.8 Å². The van der Waals surface area contributed by atoms with Crippen molar-refractivity contribution in [2.75, 3.05) is 16.2 Å². The van der Waals surface area contributed by atoms with Crippen molar-refractivity contribution in [3.63, 3.8) is 0 Å². The summed E-state index contributed by atoms with van der Waals surface area (Å²) in [5.41, 5.74) is 2.89. The molecule has 1 heterocycles. The van der Waals surface area contributed by atoms with Crippen LogP contribution in [0.3, 0.4) is 0 Å². The van der Waals surface area contributed by atoms with E-state index in [2.05, 4.69) is 4.72 Å². The zero-order valence-corrected chi connectivity index (χ0v) is 15.6. The molecule has 2 aromatic rings. The Morgan fingerprint density at radius 1 is 1.08 bits per heavy atom. The minimum absolute atomic E-state index is 0.0634. The van der Waals surface area contributed by atoms with Gasteiger partial charge >= 0.3 is 0 Å². The van der Waals surface area contributed by atoms with E-state index in [9.17, 15) is 13.2 Å². The maximum absolute atomic E-state index is 12.6. The Labute approximate surface area is 152 Å². The number of anilines is 2. The van der Waals surface area contributed by atoms with Crippen molar-refractivity contribution in [3.05, 3.63) is 52.5 Å². The molecule has 132 valence electrons. The summed E-state index contributed by atoms with van der Waals surface area (Å²) in [6.45, 7) is 4.37. The minimum Gasteiger partial charge on any atom is -0.312 e. The summed E-state index contributed by atoms with van der Waals surface area (Å²) in [6.07, 6.45) is 1.34. The van der Waals surface area contributed by atoms with Gasteiger partial charge in [-0.05, 0) is 55.7 Å². The van der Waals surface area contributed by atoms with E-state index in [4.69, 9.17) is 11.6 Å². The first-order valence-corrected chi connectivity index (χ1v) is 9.84. The maximum atomic E-state index is 12.6. The summed E-state index contributed by atoms with van der Waals surface area (Å²) < 4.78 is 27.8. The summed E-state index contributed by atoms with van der Waals surface area (Å²) in [6, 6.07) is 9.81. The van der Waals surface area contributed by atoms with Gasteiger partial charge in [0.05, 0.1) is 10.6 Å². The van der Waals surface area contributed by atoms with Crippen molar-refractivity contribution < 1.29 is 13.2 Å². The van der Waals surface area contributed by atoms with Crippen molar-refractivity contribution in [3.8, 4) is 0 Å². The van der Waals surface area contributed by atoms with Crippen molar-refractivity contribution in [1.82, 2.24) is 0 Å². The standard InChI is InChI=1S/C18H19ClN2O3S/c1-12-6-8-15(11-16(12)19)25(23,24)20-14-7-5-13(2)17(10-14)21-9-3-4-18(21)22/h5-8,10-11,20H,3-4,9H2,1-2H3. The monoisotopic (exact) mass is 378 g/mol. The quantitative estimate of drug-likeness (QED) is 0.877. The second-order valence-electron chi connectivity index (χ2n) is 6.17. The molecule has 0 unspecified atom stereocenters. The van der Waals surface area contributed by atoms with Gasteiger partial charge in [0.25, 0.3) is 10.0 Å². The molecule has 25 heavy (non-hydrogen) atoms. The lowest BCUT2D eigenvalue weighted by Gasteiger charge is -2.19. The lowest BCUT2D eigenvalue weighted by Crippen LogP contribution is -2.24. The molecule has 0 aromatic heterocycles. The third-order valence-electron chi connectivity index (χ3n) is 4.28. The van der Waals surface area contributed by atoms with E-state index in [0.717, 1.165) is 23.2 Å². The molecule has 0 saturated carbocycles. The number of rotatable bonds is 4. The van der Waals surface area contributed by atoms with Gasteiger partial charge in [0.15, 0.2) is 0 Å². The number of hydrogen-bond acceptors (Lipinski definition) is 3. The van der Waals surface area contributed by atoms with Crippen LogP contribution in [0.5, 0.6) is 0 Å². The zero-order chi connectivity index (χ0) is 18.2. The van der Waals surface area contributed by atoms with Gasteiger partial charge < -0.3 is 4.90 Å². The fraction of sp³-hybridized carbons (Fsp3) is 0.278. The third-order valence-corrected chi connectivity index (χ3v) is 6.07. The number of aryl methyl sites for hydroxylation is 2. The first kappa shape index (κ1) is 17.8. The second kappa shape index (κ2) is 6.69.